The van der Waals surface area contributed by atoms with Gasteiger partial charge < -0.3 is 14.2 Å². The topological polar surface area (TPSA) is 102 Å². The van der Waals surface area contributed by atoms with E-state index in [1.165, 1.54) is 9.80 Å². The van der Waals surface area contributed by atoms with Crippen molar-refractivity contribution in [1.29, 1.82) is 0 Å². The SMILES string of the molecule is COc1ccc(C[C@@H](C=C[C@H](Cc2cccc(Cl)c2)C(=O)N2C(=O)OC[C@@H]2Cc2ccccc2)C(=O)N2C(=O)OC[C@@H]2Cc2ccccc2)cc1. The van der Waals surface area contributed by atoms with E-state index in [0.717, 1.165) is 22.3 Å². The predicted octanol–water partition coefficient (Wildman–Crippen LogP) is 7.10. The molecule has 4 aromatic rings. The van der Waals surface area contributed by atoms with E-state index in [-0.39, 0.29) is 26.1 Å². The summed E-state index contributed by atoms with van der Waals surface area (Å²) in [6.07, 6.45) is 3.26. The van der Waals surface area contributed by atoms with Crippen LogP contribution < -0.4 is 4.74 Å². The van der Waals surface area contributed by atoms with Gasteiger partial charge in [0.1, 0.15) is 19.0 Å². The van der Waals surface area contributed by atoms with Gasteiger partial charge in [-0.15, -0.1) is 0 Å². The lowest BCUT2D eigenvalue weighted by molar-refractivity contribution is -0.133. The van der Waals surface area contributed by atoms with E-state index in [1.807, 2.05) is 78.9 Å². The van der Waals surface area contributed by atoms with Crippen molar-refractivity contribution >= 4 is 35.6 Å². The molecule has 0 saturated carbocycles. The van der Waals surface area contributed by atoms with Gasteiger partial charge in [-0.2, -0.15) is 0 Å². The first-order chi connectivity index (χ1) is 24.8. The second kappa shape index (κ2) is 16.5. The second-order valence-corrected chi connectivity index (χ2v) is 13.2. The zero-order valence-electron chi connectivity index (χ0n) is 28.2. The van der Waals surface area contributed by atoms with Gasteiger partial charge in [0, 0.05) is 5.02 Å². The van der Waals surface area contributed by atoms with Crippen molar-refractivity contribution in [1.82, 2.24) is 9.80 Å². The lowest BCUT2D eigenvalue weighted by Gasteiger charge is -2.25. The van der Waals surface area contributed by atoms with E-state index in [0.29, 0.717) is 23.6 Å². The van der Waals surface area contributed by atoms with Gasteiger partial charge in [-0.25, -0.2) is 19.4 Å². The molecule has 2 saturated heterocycles. The summed E-state index contributed by atoms with van der Waals surface area (Å²) < 4.78 is 16.1. The van der Waals surface area contributed by atoms with Gasteiger partial charge in [-0.05, 0) is 72.2 Å². The Morgan fingerprint density at radius 2 is 1.16 bits per heavy atom. The van der Waals surface area contributed by atoms with Crippen LogP contribution in [0.1, 0.15) is 22.3 Å². The van der Waals surface area contributed by atoms with E-state index >= 15 is 0 Å². The molecule has 0 aromatic heterocycles. The van der Waals surface area contributed by atoms with Crippen LogP contribution in [-0.2, 0) is 44.7 Å². The Kier molecular flexibility index (Phi) is 11.5. The first-order valence-electron chi connectivity index (χ1n) is 16.9. The number of carbonyl (C=O) groups excluding carboxylic acids is 4. The standard InChI is InChI=1S/C41H39ClN2O7/c1-49-37-19-15-30(16-20-37)21-32(38(45)43-35(26-50-40(43)47)24-28-9-4-2-5-10-28)17-18-33(22-31-13-8-14-34(42)23-31)39(46)44-36(27-51-41(44)48)25-29-11-6-3-7-12-29/h2-20,23,32-33,35-36H,21-22,24-27H2,1H3/t32-,33-,35+,36+/m1/s1. The number of amides is 4. The number of methoxy groups -OCH3 is 1. The molecule has 2 aliphatic heterocycles. The summed E-state index contributed by atoms with van der Waals surface area (Å²) in [6, 6.07) is 32.7. The third kappa shape index (κ3) is 8.85. The number of imide groups is 2. The zero-order valence-corrected chi connectivity index (χ0v) is 29.0. The Labute approximate surface area is 302 Å². The number of nitrogens with zero attached hydrogens (tertiary/aromatic N) is 2. The molecule has 0 bridgehead atoms. The minimum atomic E-state index is -0.857. The highest BCUT2D eigenvalue weighted by Gasteiger charge is 2.42. The fourth-order valence-electron chi connectivity index (χ4n) is 6.57. The second-order valence-electron chi connectivity index (χ2n) is 12.7. The highest BCUT2D eigenvalue weighted by molar-refractivity contribution is 6.30. The molecule has 0 unspecified atom stereocenters. The van der Waals surface area contributed by atoms with Crippen molar-refractivity contribution in [3.8, 4) is 5.75 Å². The van der Waals surface area contributed by atoms with E-state index in [9.17, 15) is 19.2 Å². The maximum absolute atomic E-state index is 14.4. The van der Waals surface area contributed by atoms with Gasteiger partial charge in [-0.3, -0.25) is 9.59 Å². The van der Waals surface area contributed by atoms with Crippen LogP contribution in [-0.4, -0.2) is 66.2 Å². The maximum atomic E-state index is 14.4. The first kappa shape index (κ1) is 35.4. The van der Waals surface area contributed by atoms with E-state index in [4.69, 9.17) is 25.8 Å². The number of hydrogen-bond acceptors (Lipinski definition) is 7. The fourth-order valence-corrected chi connectivity index (χ4v) is 6.78. The fraction of sp³-hybridized carbons (Fsp3) is 0.268. The average Bonchev–Trinajstić information content (AvgIpc) is 3.70. The van der Waals surface area contributed by atoms with Crippen molar-refractivity contribution in [2.75, 3.05) is 20.3 Å². The van der Waals surface area contributed by atoms with Crippen molar-refractivity contribution < 1.29 is 33.4 Å². The number of carbonyl (C=O) groups is 4. The monoisotopic (exact) mass is 706 g/mol. The molecule has 51 heavy (non-hydrogen) atoms. The molecule has 6 rings (SSSR count). The van der Waals surface area contributed by atoms with Crippen LogP contribution in [0.15, 0.2) is 121 Å². The van der Waals surface area contributed by atoms with Crippen molar-refractivity contribution in [3.05, 3.63) is 149 Å². The van der Waals surface area contributed by atoms with Crippen LogP contribution in [0, 0.1) is 11.8 Å². The largest absolute Gasteiger partial charge is 0.497 e. The van der Waals surface area contributed by atoms with Crippen LogP contribution >= 0.6 is 11.6 Å². The zero-order chi connectivity index (χ0) is 35.7. The Morgan fingerprint density at radius 1 is 0.686 bits per heavy atom. The molecule has 4 atom stereocenters. The highest BCUT2D eigenvalue weighted by atomic mass is 35.5. The Morgan fingerprint density at radius 3 is 1.63 bits per heavy atom. The molecule has 0 aliphatic carbocycles. The van der Waals surface area contributed by atoms with E-state index in [1.54, 1.807) is 49.6 Å². The molecule has 2 fully saturated rings. The molecule has 2 aliphatic rings. The highest BCUT2D eigenvalue weighted by Crippen LogP contribution is 2.27. The van der Waals surface area contributed by atoms with Crippen molar-refractivity contribution in [2.24, 2.45) is 11.8 Å². The summed E-state index contributed by atoms with van der Waals surface area (Å²) in [6.45, 7) is 0.152. The average molecular weight is 707 g/mol. The first-order valence-corrected chi connectivity index (χ1v) is 17.3. The van der Waals surface area contributed by atoms with Crippen molar-refractivity contribution in [2.45, 2.75) is 37.8 Å². The number of halogens is 1. The summed E-state index contributed by atoms with van der Waals surface area (Å²) >= 11 is 6.32. The number of benzene rings is 4. The molecular formula is C41H39ClN2O7. The smallest absolute Gasteiger partial charge is 0.417 e. The molecule has 2 heterocycles. The summed E-state index contributed by atoms with van der Waals surface area (Å²) in [7, 11) is 1.58. The van der Waals surface area contributed by atoms with E-state index < -0.39 is 47.9 Å². The molecule has 0 N–H and O–H groups in total. The quantitative estimate of drug-likeness (QED) is 0.137. The number of ether oxygens (including phenoxy) is 3. The Hall–Kier alpha value is -5.41. The van der Waals surface area contributed by atoms with Crippen LogP contribution in [0.25, 0.3) is 0 Å². The third-order valence-electron chi connectivity index (χ3n) is 9.19. The maximum Gasteiger partial charge on any atom is 0.417 e. The molecular weight excluding hydrogens is 668 g/mol. The molecule has 0 radical (unpaired) electrons. The number of hydrogen-bond donors (Lipinski definition) is 0. The van der Waals surface area contributed by atoms with Gasteiger partial charge in [0.15, 0.2) is 0 Å². The Balaban J connectivity index is 1.32. The normalized spacial score (nSPS) is 18.4. The minimum absolute atomic E-state index is 0.0749. The Bertz CT molecular complexity index is 1870. The van der Waals surface area contributed by atoms with E-state index in [2.05, 4.69) is 0 Å². The molecule has 4 amide bonds. The summed E-state index contributed by atoms with van der Waals surface area (Å²) in [5.41, 5.74) is 3.54. The van der Waals surface area contributed by atoms with Gasteiger partial charge in [0.2, 0.25) is 11.8 Å². The lowest BCUT2D eigenvalue weighted by Crippen LogP contribution is -2.44. The molecule has 9 nitrogen and oxygen atoms in total. The van der Waals surface area contributed by atoms with Crippen LogP contribution in [0.4, 0.5) is 9.59 Å². The summed E-state index contributed by atoms with van der Waals surface area (Å²) in [5, 5.41) is 0.509. The number of cyclic esters (lactones) is 2. The van der Waals surface area contributed by atoms with Gasteiger partial charge >= 0.3 is 12.2 Å². The lowest BCUT2D eigenvalue weighted by atomic mass is 9.91. The van der Waals surface area contributed by atoms with Gasteiger partial charge in [0.25, 0.3) is 0 Å². The number of rotatable bonds is 13. The predicted molar refractivity (Wildman–Crippen MR) is 192 cm³/mol. The third-order valence-corrected chi connectivity index (χ3v) is 9.43. The van der Waals surface area contributed by atoms with Gasteiger partial charge in [-0.1, -0.05) is 109 Å². The molecule has 262 valence electrons. The van der Waals surface area contributed by atoms with Crippen molar-refractivity contribution in [3.63, 3.8) is 0 Å². The molecule has 4 aromatic carbocycles. The molecule has 0 spiro atoms. The van der Waals surface area contributed by atoms with Crippen LogP contribution in [0.2, 0.25) is 5.02 Å². The summed E-state index contributed by atoms with van der Waals surface area (Å²) in [5.74, 6) is -1.93. The summed E-state index contributed by atoms with van der Waals surface area (Å²) in [4.78, 5) is 57.3. The van der Waals surface area contributed by atoms with Gasteiger partial charge in [0.05, 0.1) is 31.0 Å². The molecule has 10 heteroatoms. The minimum Gasteiger partial charge on any atom is -0.497 e. The van der Waals surface area contributed by atoms with Crippen LogP contribution in [0.3, 0.4) is 0 Å². The van der Waals surface area contributed by atoms with Crippen LogP contribution in [0.5, 0.6) is 5.75 Å².